The third-order valence-corrected chi connectivity index (χ3v) is 10.1. The number of halogens is 8. The normalized spacial score (nSPS) is 10.9. The highest BCUT2D eigenvalue weighted by atomic mass is 79.9. The van der Waals surface area contributed by atoms with Gasteiger partial charge >= 0.3 is 0 Å². The summed E-state index contributed by atoms with van der Waals surface area (Å²) >= 11 is 28.1. The van der Waals surface area contributed by atoms with E-state index in [1.54, 1.807) is 0 Å². The largest absolute Gasteiger partial charge is 0.452 e. The van der Waals surface area contributed by atoms with Gasteiger partial charge < -0.3 is 4.74 Å². The molecule has 0 atom stereocenters. The first kappa shape index (κ1) is 19.4. The van der Waals surface area contributed by atoms with Crippen molar-refractivity contribution >= 4 is 127 Å². The van der Waals surface area contributed by atoms with Crippen LogP contribution in [-0.4, -0.2) is 0 Å². The zero-order valence-corrected chi connectivity index (χ0v) is 22.3. The molecule has 2 rings (SSSR count). The molecule has 0 aliphatic rings. The molecule has 1 nitrogen and oxygen atoms in total. The molecule has 0 fully saturated rings. The molecule has 0 aliphatic carbocycles. The van der Waals surface area contributed by atoms with Gasteiger partial charge in [-0.05, 0) is 140 Å². The topological polar surface area (TPSA) is 9.23 Å². The van der Waals surface area contributed by atoms with Crippen LogP contribution in [0.15, 0.2) is 47.9 Å². The van der Waals surface area contributed by atoms with Crippen LogP contribution in [0, 0.1) is 0 Å². The van der Waals surface area contributed by atoms with Crippen molar-refractivity contribution in [3.63, 3.8) is 0 Å². The van der Waals surface area contributed by atoms with Gasteiger partial charge in [0.2, 0.25) is 0 Å². The van der Waals surface area contributed by atoms with E-state index in [1.165, 1.54) is 0 Å². The lowest BCUT2D eigenvalue weighted by Crippen LogP contribution is -1.92. The standard InChI is InChI=1S/C12H2Br8O/c13-3-1-4(14)8(18)11(7(3)17)21-12-9(19)5(15)2-6(16)10(12)20/h1-2H. The lowest BCUT2D eigenvalue weighted by Gasteiger charge is -2.16. The van der Waals surface area contributed by atoms with E-state index in [4.69, 9.17) is 4.74 Å². The number of ether oxygens (including phenoxy) is 1. The Balaban J connectivity index is 2.64. The van der Waals surface area contributed by atoms with Crippen molar-refractivity contribution in [2.24, 2.45) is 0 Å². The molecule has 21 heavy (non-hydrogen) atoms. The van der Waals surface area contributed by atoms with Gasteiger partial charge in [0.25, 0.3) is 0 Å². The van der Waals surface area contributed by atoms with E-state index in [0.29, 0.717) is 11.5 Å². The summed E-state index contributed by atoms with van der Waals surface area (Å²) < 4.78 is 12.9. The number of benzene rings is 2. The minimum Gasteiger partial charge on any atom is -0.452 e. The minimum atomic E-state index is 0.655. The first-order chi connectivity index (χ1) is 9.73. The fraction of sp³-hybridized carbons (Fsp3) is 0. The van der Waals surface area contributed by atoms with Crippen LogP contribution in [-0.2, 0) is 0 Å². The van der Waals surface area contributed by atoms with Crippen molar-refractivity contribution in [2.45, 2.75) is 0 Å². The van der Waals surface area contributed by atoms with Crippen molar-refractivity contribution in [2.75, 3.05) is 0 Å². The summed E-state index contributed by atoms with van der Waals surface area (Å²) in [7, 11) is 0. The van der Waals surface area contributed by atoms with Crippen molar-refractivity contribution in [3.8, 4) is 11.5 Å². The quantitative estimate of drug-likeness (QED) is 0.275. The van der Waals surface area contributed by atoms with Crippen molar-refractivity contribution in [1.82, 2.24) is 0 Å². The van der Waals surface area contributed by atoms with Gasteiger partial charge in [-0.3, -0.25) is 0 Å². The molecule has 0 N–H and O–H groups in total. The Kier molecular flexibility index (Phi) is 7.37. The molecular formula is C12H2Br8O. The zero-order valence-electron chi connectivity index (χ0n) is 9.59. The summed E-state index contributed by atoms with van der Waals surface area (Å²) in [6.45, 7) is 0. The maximum absolute atomic E-state index is 6.12. The van der Waals surface area contributed by atoms with Crippen LogP contribution in [0.1, 0.15) is 0 Å². The Morgan fingerprint density at radius 2 is 0.714 bits per heavy atom. The Hall–Kier alpha value is 2.08. The van der Waals surface area contributed by atoms with E-state index in [9.17, 15) is 0 Å². The van der Waals surface area contributed by atoms with Crippen LogP contribution in [0.4, 0.5) is 0 Å². The third kappa shape index (κ3) is 4.19. The molecular weight excluding hydrogens is 799 g/mol. The van der Waals surface area contributed by atoms with E-state index >= 15 is 0 Å². The van der Waals surface area contributed by atoms with Crippen molar-refractivity contribution < 1.29 is 4.74 Å². The van der Waals surface area contributed by atoms with Gasteiger partial charge in [0, 0.05) is 17.9 Å². The molecule has 0 aliphatic heterocycles. The predicted molar refractivity (Wildman–Crippen MR) is 115 cm³/mol. The van der Waals surface area contributed by atoms with Crippen molar-refractivity contribution in [3.05, 3.63) is 47.9 Å². The highest BCUT2D eigenvalue weighted by molar-refractivity contribution is 9.14. The highest BCUT2D eigenvalue weighted by Gasteiger charge is 2.20. The molecule has 0 spiro atoms. The molecule has 0 aromatic heterocycles. The van der Waals surface area contributed by atoms with Crippen LogP contribution in [0.3, 0.4) is 0 Å². The molecule has 0 radical (unpaired) electrons. The van der Waals surface area contributed by atoms with Gasteiger partial charge in [-0.2, -0.15) is 0 Å². The number of hydrogen-bond acceptors (Lipinski definition) is 1. The molecule has 0 saturated heterocycles. The van der Waals surface area contributed by atoms with Crippen LogP contribution in [0.5, 0.6) is 11.5 Å². The van der Waals surface area contributed by atoms with Gasteiger partial charge in [-0.25, -0.2) is 0 Å². The Morgan fingerprint density at radius 3 is 0.952 bits per heavy atom. The maximum Gasteiger partial charge on any atom is 0.158 e. The molecule has 2 aromatic carbocycles. The summed E-state index contributed by atoms with van der Waals surface area (Å²) in [6.07, 6.45) is 0. The Bertz CT molecular complexity index is 614. The molecule has 0 saturated carbocycles. The van der Waals surface area contributed by atoms with Crippen LogP contribution < -0.4 is 4.74 Å². The average Bonchev–Trinajstić information content (AvgIpc) is 2.42. The molecule has 0 heterocycles. The molecule has 0 amide bonds. The fourth-order valence-electron chi connectivity index (χ4n) is 1.38. The molecule has 9 heteroatoms. The highest BCUT2D eigenvalue weighted by Crippen LogP contribution is 2.50. The van der Waals surface area contributed by atoms with E-state index in [1.807, 2.05) is 12.1 Å². The summed E-state index contributed by atoms with van der Waals surface area (Å²) in [6, 6.07) is 3.86. The zero-order chi connectivity index (χ0) is 15.9. The summed E-state index contributed by atoms with van der Waals surface area (Å²) in [4.78, 5) is 0. The molecule has 0 bridgehead atoms. The SMILES string of the molecule is Brc1cc(Br)c(Br)c(Oc2c(Br)c(Br)cc(Br)c2Br)c1Br. The van der Waals surface area contributed by atoms with E-state index in [0.717, 1.165) is 35.8 Å². The second kappa shape index (κ2) is 7.97. The molecule has 112 valence electrons. The Labute approximate surface area is 189 Å². The summed E-state index contributed by atoms with van der Waals surface area (Å²) in [5.74, 6) is 1.31. The van der Waals surface area contributed by atoms with Gasteiger partial charge in [0.1, 0.15) is 0 Å². The lowest BCUT2D eigenvalue weighted by molar-refractivity contribution is 0.469. The molecule has 2 aromatic rings. The Morgan fingerprint density at radius 1 is 0.476 bits per heavy atom. The smallest absolute Gasteiger partial charge is 0.158 e. The lowest BCUT2D eigenvalue weighted by atomic mass is 10.3. The summed E-state index contributed by atoms with van der Waals surface area (Å²) in [5, 5.41) is 0. The predicted octanol–water partition coefficient (Wildman–Crippen LogP) is 9.58. The minimum absolute atomic E-state index is 0.655. The van der Waals surface area contributed by atoms with Crippen LogP contribution >= 0.6 is 127 Å². The molecule has 0 unspecified atom stereocenters. The van der Waals surface area contributed by atoms with Crippen LogP contribution in [0.2, 0.25) is 0 Å². The second-order valence-electron chi connectivity index (χ2n) is 3.70. The van der Waals surface area contributed by atoms with Gasteiger partial charge in [-0.15, -0.1) is 0 Å². The van der Waals surface area contributed by atoms with E-state index < -0.39 is 0 Å². The van der Waals surface area contributed by atoms with E-state index in [-0.39, 0.29) is 0 Å². The second-order valence-corrected chi connectivity index (χ2v) is 10.3. The fourth-order valence-corrected chi connectivity index (χ4v) is 5.74. The maximum atomic E-state index is 6.12. The average molecular weight is 801 g/mol. The number of hydrogen-bond donors (Lipinski definition) is 0. The van der Waals surface area contributed by atoms with Gasteiger partial charge in [0.05, 0.1) is 17.9 Å². The first-order valence-corrected chi connectivity index (χ1v) is 11.4. The number of rotatable bonds is 2. The van der Waals surface area contributed by atoms with Crippen molar-refractivity contribution in [1.29, 1.82) is 0 Å². The third-order valence-electron chi connectivity index (χ3n) is 2.35. The van der Waals surface area contributed by atoms with Gasteiger partial charge in [-0.1, -0.05) is 0 Å². The summed E-state index contributed by atoms with van der Waals surface area (Å²) in [5.41, 5.74) is 0. The first-order valence-electron chi connectivity index (χ1n) is 5.07. The van der Waals surface area contributed by atoms with Crippen LogP contribution in [0.25, 0.3) is 0 Å². The van der Waals surface area contributed by atoms with E-state index in [2.05, 4.69) is 127 Å². The monoisotopic (exact) mass is 793 g/mol. The van der Waals surface area contributed by atoms with Gasteiger partial charge in [0.15, 0.2) is 11.5 Å².